The molecule has 0 aliphatic carbocycles. The number of hydrogen-bond acceptors (Lipinski definition) is 3. The maximum atomic E-state index is 11.7. The Balaban J connectivity index is 4.25. The van der Waals surface area contributed by atoms with Crippen LogP contribution >= 0.6 is 0 Å². The molecule has 116 valence electrons. The summed E-state index contributed by atoms with van der Waals surface area (Å²) in [7, 11) is 0. The molecule has 0 aromatic heterocycles. The van der Waals surface area contributed by atoms with E-state index in [0.717, 1.165) is 19.3 Å². The van der Waals surface area contributed by atoms with E-state index in [0.29, 0.717) is 0 Å². The summed E-state index contributed by atoms with van der Waals surface area (Å²) >= 11 is 0. The van der Waals surface area contributed by atoms with Crippen LogP contribution < -0.4 is 10.6 Å². The molecule has 0 aliphatic rings. The monoisotopic (exact) mass is 286 g/mol. The highest BCUT2D eigenvalue weighted by Crippen LogP contribution is 2.24. The van der Waals surface area contributed by atoms with Crippen LogP contribution in [0.3, 0.4) is 0 Å². The number of hydrogen-bond donors (Lipinski definition) is 3. The summed E-state index contributed by atoms with van der Waals surface area (Å²) in [5.74, 6) is -1.42. The van der Waals surface area contributed by atoms with E-state index in [1.165, 1.54) is 0 Å². The predicted octanol–water partition coefficient (Wildman–Crippen LogP) is 2.28. The van der Waals surface area contributed by atoms with Crippen molar-refractivity contribution in [3.63, 3.8) is 0 Å². The number of carbonyl (C=O) groups is 3. The second kappa shape index (κ2) is 8.55. The Hall–Kier alpha value is -1.59. The average molecular weight is 286 g/mol. The van der Waals surface area contributed by atoms with Gasteiger partial charge in [-0.1, -0.05) is 34.1 Å². The third-order valence-corrected chi connectivity index (χ3v) is 2.99. The summed E-state index contributed by atoms with van der Waals surface area (Å²) in [6, 6.07) is -0.457. The van der Waals surface area contributed by atoms with Crippen molar-refractivity contribution in [1.82, 2.24) is 10.6 Å². The van der Waals surface area contributed by atoms with Gasteiger partial charge in [-0.3, -0.25) is 14.9 Å². The summed E-state index contributed by atoms with van der Waals surface area (Å²) in [4.78, 5) is 34.0. The van der Waals surface area contributed by atoms with Gasteiger partial charge in [0.05, 0.1) is 6.42 Å². The fraction of sp³-hybridized carbons (Fsp3) is 0.786. The maximum absolute atomic E-state index is 11.7. The fourth-order valence-corrected chi connectivity index (χ4v) is 2.03. The molecule has 0 spiro atoms. The van der Waals surface area contributed by atoms with Crippen LogP contribution in [0.2, 0.25) is 0 Å². The van der Waals surface area contributed by atoms with Gasteiger partial charge in [0.25, 0.3) is 0 Å². The summed E-state index contributed by atoms with van der Waals surface area (Å²) in [5, 5.41) is 13.7. The van der Waals surface area contributed by atoms with Gasteiger partial charge < -0.3 is 10.4 Å². The number of urea groups is 1. The molecule has 1 unspecified atom stereocenters. The quantitative estimate of drug-likeness (QED) is 0.638. The number of carboxylic acid groups (broad SMARTS) is 1. The van der Waals surface area contributed by atoms with Crippen molar-refractivity contribution in [3.05, 3.63) is 0 Å². The van der Waals surface area contributed by atoms with E-state index in [1.807, 2.05) is 13.8 Å². The molecule has 0 aromatic rings. The first-order chi connectivity index (χ1) is 9.20. The minimum atomic E-state index is -0.957. The SMILES string of the molecule is CCCC(CC)NC(=O)NC(=O)CC(C)(C)CC(=O)O. The zero-order valence-electron chi connectivity index (χ0n) is 12.8. The molecular weight excluding hydrogens is 260 g/mol. The Morgan fingerprint density at radius 1 is 1.15 bits per heavy atom. The first kappa shape index (κ1) is 18.4. The molecule has 0 saturated carbocycles. The van der Waals surface area contributed by atoms with Crippen LogP contribution in [0.4, 0.5) is 4.79 Å². The van der Waals surface area contributed by atoms with Crippen LogP contribution in [-0.4, -0.2) is 29.1 Å². The first-order valence-electron chi connectivity index (χ1n) is 7.02. The lowest BCUT2D eigenvalue weighted by Crippen LogP contribution is -2.45. The Labute approximate surface area is 120 Å². The van der Waals surface area contributed by atoms with Gasteiger partial charge in [-0.15, -0.1) is 0 Å². The molecule has 0 rings (SSSR count). The van der Waals surface area contributed by atoms with Crippen molar-refractivity contribution in [2.24, 2.45) is 5.41 Å². The average Bonchev–Trinajstić information content (AvgIpc) is 2.24. The van der Waals surface area contributed by atoms with Gasteiger partial charge >= 0.3 is 12.0 Å². The van der Waals surface area contributed by atoms with Crippen LogP contribution in [0.1, 0.15) is 59.8 Å². The fourth-order valence-electron chi connectivity index (χ4n) is 2.03. The van der Waals surface area contributed by atoms with Crippen LogP contribution in [-0.2, 0) is 9.59 Å². The molecule has 3 N–H and O–H groups in total. The summed E-state index contributed by atoms with van der Waals surface area (Å²) in [6.07, 6.45) is 2.51. The van der Waals surface area contributed by atoms with E-state index in [4.69, 9.17) is 5.11 Å². The molecule has 0 heterocycles. The number of aliphatic carboxylic acids is 1. The Bertz CT molecular complexity index is 353. The lowest BCUT2D eigenvalue weighted by atomic mass is 9.85. The zero-order chi connectivity index (χ0) is 15.8. The third kappa shape index (κ3) is 8.50. The minimum absolute atomic E-state index is 0.00269. The van der Waals surface area contributed by atoms with E-state index in [2.05, 4.69) is 10.6 Å². The van der Waals surface area contributed by atoms with Gasteiger partial charge in [-0.05, 0) is 18.3 Å². The Morgan fingerprint density at radius 3 is 2.20 bits per heavy atom. The van der Waals surface area contributed by atoms with Crippen molar-refractivity contribution in [3.8, 4) is 0 Å². The summed E-state index contributed by atoms with van der Waals surface area (Å²) in [6.45, 7) is 7.37. The van der Waals surface area contributed by atoms with Crippen molar-refractivity contribution in [2.75, 3.05) is 0 Å². The van der Waals surface area contributed by atoms with Gasteiger partial charge in [0.15, 0.2) is 0 Å². The molecule has 0 bridgehead atoms. The predicted molar refractivity (Wildman–Crippen MR) is 76.3 cm³/mol. The molecule has 3 amide bonds. The van der Waals surface area contributed by atoms with Crippen LogP contribution in [0.5, 0.6) is 0 Å². The minimum Gasteiger partial charge on any atom is -0.481 e. The van der Waals surface area contributed by atoms with E-state index in [-0.39, 0.29) is 18.9 Å². The molecule has 0 fully saturated rings. The second-order valence-electron chi connectivity index (χ2n) is 5.83. The largest absolute Gasteiger partial charge is 0.481 e. The molecule has 20 heavy (non-hydrogen) atoms. The van der Waals surface area contributed by atoms with Crippen LogP contribution in [0, 0.1) is 5.41 Å². The van der Waals surface area contributed by atoms with Crippen LogP contribution in [0.15, 0.2) is 0 Å². The highest BCUT2D eigenvalue weighted by atomic mass is 16.4. The van der Waals surface area contributed by atoms with E-state index in [9.17, 15) is 14.4 Å². The molecule has 0 aliphatic heterocycles. The number of nitrogens with one attached hydrogen (secondary N) is 2. The zero-order valence-corrected chi connectivity index (χ0v) is 12.8. The molecular formula is C14H26N2O4. The van der Waals surface area contributed by atoms with Crippen molar-refractivity contribution < 1.29 is 19.5 Å². The molecule has 6 heteroatoms. The van der Waals surface area contributed by atoms with E-state index >= 15 is 0 Å². The summed E-state index contributed by atoms with van der Waals surface area (Å²) < 4.78 is 0. The Morgan fingerprint density at radius 2 is 1.75 bits per heavy atom. The number of imide groups is 1. The second-order valence-corrected chi connectivity index (χ2v) is 5.83. The van der Waals surface area contributed by atoms with Gasteiger partial charge in [-0.2, -0.15) is 0 Å². The highest BCUT2D eigenvalue weighted by Gasteiger charge is 2.26. The molecule has 1 atom stereocenters. The third-order valence-electron chi connectivity index (χ3n) is 2.99. The first-order valence-corrected chi connectivity index (χ1v) is 7.02. The lowest BCUT2D eigenvalue weighted by Gasteiger charge is -2.22. The van der Waals surface area contributed by atoms with Crippen molar-refractivity contribution >= 4 is 17.9 Å². The summed E-state index contributed by atoms with van der Waals surface area (Å²) in [5.41, 5.74) is -0.677. The van der Waals surface area contributed by atoms with E-state index < -0.39 is 23.3 Å². The highest BCUT2D eigenvalue weighted by molar-refractivity contribution is 5.94. The number of carboxylic acids is 1. The standard InChI is InChI=1S/C14H26N2O4/c1-5-7-10(6-2)15-13(20)16-11(17)8-14(3,4)9-12(18)19/h10H,5-9H2,1-4H3,(H,18,19)(H2,15,16,17,20). The normalized spacial score (nSPS) is 12.6. The van der Waals surface area contributed by atoms with Crippen LogP contribution in [0.25, 0.3) is 0 Å². The van der Waals surface area contributed by atoms with Gasteiger partial charge in [0.2, 0.25) is 5.91 Å². The smallest absolute Gasteiger partial charge is 0.321 e. The number of amides is 3. The number of carbonyl (C=O) groups excluding carboxylic acids is 2. The molecule has 0 radical (unpaired) electrons. The topological polar surface area (TPSA) is 95.5 Å². The number of rotatable bonds is 8. The van der Waals surface area contributed by atoms with E-state index in [1.54, 1.807) is 13.8 Å². The lowest BCUT2D eigenvalue weighted by molar-refractivity contribution is -0.139. The van der Waals surface area contributed by atoms with Gasteiger partial charge in [0.1, 0.15) is 0 Å². The van der Waals surface area contributed by atoms with Crippen molar-refractivity contribution in [2.45, 2.75) is 65.8 Å². The molecule has 6 nitrogen and oxygen atoms in total. The van der Waals surface area contributed by atoms with Gasteiger partial charge in [-0.25, -0.2) is 4.79 Å². The maximum Gasteiger partial charge on any atom is 0.321 e. The molecule has 0 saturated heterocycles. The van der Waals surface area contributed by atoms with Crippen molar-refractivity contribution in [1.29, 1.82) is 0 Å². The van der Waals surface area contributed by atoms with Gasteiger partial charge in [0, 0.05) is 12.5 Å². The Kier molecular flexibility index (Phi) is 7.87. The molecule has 0 aromatic carbocycles.